The number of halogens is 2. The second-order valence-electron chi connectivity index (χ2n) is 9.86. The van der Waals surface area contributed by atoms with Gasteiger partial charge in [-0.15, -0.1) is 0 Å². The van der Waals surface area contributed by atoms with Crippen molar-refractivity contribution in [3.05, 3.63) is 34.9 Å². The van der Waals surface area contributed by atoms with Crippen LogP contribution >= 0.6 is 0 Å². The summed E-state index contributed by atoms with van der Waals surface area (Å²) >= 11 is 0. The first kappa shape index (κ1) is 23.1. The first-order chi connectivity index (χ1) is 15.1. The maximum Gasteiger partial charge on any atom is 0.186 e. The van der Waals surface area contributed by atoms with Gasteiger partial charge in [0.15, 0.2) is 17.9 Å². The summed E-state index contributed by atoms with van der Waals surface area (Å²) < 4.78 is 47.4. The molecule has 3 fully saturated rings. The monoisotopic (exact) mass is 436 g/mol. The summed E-state index contributed by atoms with van der Waals surface area (Å²) in [7, 11) is 0. The third-order valence-electron chi connectivity index (χ3n) is 7.78. The lowest BCUT2D eigenvalue weighted by Crippen LogP contribution is -2.34. The van der Waals surface area contributed by atoms with Crippen molar-refractivity contribution in [3.8, 4) is 0 Å². The molecule has 0 spiro atoms. The average Bonchev–Trinajstić information content (AvgIpc) is 2.82. The lowest BCUT2D eigenvalue weighted by Gasteiger charge is -2.38. The minimum atomic E-state index is -0.808. The van der Waals surface area contributed by atoms with Crippen LogP contribution in [0.3, 0.4) is 0 Å². The Hall–Kier alpha value is -1.04. The van der Waals surface area contributed by atoms with Gasteiger partial charge in [0.25, 0.3) is 0 Å². The first-order valence-electron chi connectivity index (χ1n) is 12.4. The zero-order valence-electron chi connectivity index (χ0n) is 19.1. The summed E-state index contributed by atoms with van der Waals surface area (Å²) in [4.78, 5) is 0. The zero-order chi connectivity index (χ0) is 21.8. The minimum Gasteiger partial charge on any atom is -0.378 e. The molecule has 2 saturated heterocycles. The van der Waals surface area contributed by atoms with E-state index in [1.165, 1.54) is 19.3 Å². The Morgan fingerprint density at radius 3 is 2.03 bits per heavy atom. The molecule has 0 N–H and O–H groups in total. The summed E-state index contributed by atoms with van der Waals surface area (Å²) in [6.45, 7) is 6.25. The van der Waals surface area contributed by atoms with Crippen LogP contribution < -0.4 is 0 Å². The average molecular weight is 437 g/mol. The van der Waals surface area contributed by atoms with Crippen LogP contribution in [0.5, 0.6) is 0 Å². The molecule has 2 unspecified atom stereocenters. The van der Waals surface area contributed by atoms with Crippen molar-refractivity contribution in [3.63, 3.8) is 0 Å². The van der Waals surface area contributed by atoms with Gasteiger partial charge in [-0.2, -0.15) is 0 Å². The summed E-state index contributed by atoms with van der Waals surface area (Å²) in [5, 5.41) is 0. The van der Waals surface area contributed by atoms with E-state index >= 15 is 4.39 Å². The van der Waals surface area contributed by atoms with Crippen molar-refractivity contribution in [2.24, 2.45) is 17.8 Å². The van der Waals surface area contributed by atoms with Gasteiger partial charge in [-0.25, -0.2) is 8.78 Å². The van der Waals surface area contributed by atoms with Crippen molar-refractivity contribution >= 4 is 0 Å². The van der Waals surface area contributed by atoms with E-state index in [-0.39, 0.29) is 11.5 Å². The van der Waals surface area contributed by atoms with E-state index in [0.29, 0.717) is 36.7 Å². The fraction of sp³-hybridized carbons (Fsp3) is 0.769. The highest BCUT2D eigenvalue weighted by Gasteiger charge is 2.34. The van der Waals surface area contributed by atoms with Crippen molar-refractivity contribution in [1.29, 1.82) is 0 Å². The Bertz CT molecular complexity index is 701. The molecular formula is C26H38F2O3. The van der Waals surface area contributed by atoms with Gasteiger partial charge >= 0.3 is 0 Å². The van der Waals surface area contributed by atoms with Crippen molar-refractivity contribution in [1.82, 2.24) is 0 Å². The second kappa shape index (κ2) is 10.7. The molecule has 1 aliphatic carbocycles. The Kier molecular flexibility index (Phi) is 8.00. The van der Waals surface area contributed by atoms with Crippen LogP contribution in [0.2, 0.25) is 0 Å². The van der Waals surface area contributed by atoms with E-state index in [1.54, 1.807) is 12.1 Å². The van der Waals surface area contributed by atoms with Crippen LogP contribution in [0.1, 0.15) is 95.0 Å². The summed E-state index contributed by atoms with van der Waals surface area (Å²) in [6.07, 6.45) is 9.26. The number of benzene rings is 1. The molecule has 0 bridgehead atoms. The molecule has 0 amide bonds. The Morgan fingerprint density at radius 1 is 0.774 bits per heavy atom. The molecule has 1 saturated carbocycles. The molecule has 1 aromatic rings. The van der Waals surface area contributed by atoms with Gasteiger partial charge in [0.1, 0.15) is 0 Å². The van der Waals surface area contributed by atoms with Crippen LogP contribution in [-0.2, 0) is 14.2 Å². The van der Waals surface area contributed by atoms with Crippen molar-refractivity contribution in [2.45, 2.75) is 89.9 Å². The lowest BCUT2D eigenvalue weighted by atomic mass is 9.74. The highest BCUT2D eigenvalue weighted by molar-refractivity contribution is 5.30. The highest BCUT2D eigenvalue weighted by Crippen LogP contribution is 2.42. The van der Waals surface area contributed by atoms with E-state index in [9.17, 15) is 4.39 Å². The van der Waals surface area contributed by atoms with Crippen LogP contribution in [0.4, 0.5) is 8.78 Å². The maximum atomic E-state index is 15.0. The van der Waals surface area contributed by atoms with Gasteiger partial charge in [-0.05, 0) is 74.7 Å². The van der Waals surface area contributed by atoms with Gasteiger partial charge in [-0.3, -0.25) is 0 Å². The third-order valence-corrected chi connectivity index (χ3v) is 7.78. The zero-order valence-corrected chi connectivity index (χ0v) is 19.1. The van der Waals surface area contributed by atoms with Crippen molar-refractivity contribution < 1.29 is 23.0 Å². The topological polar surface area (TPSA) is 27.7 Å². The maximum absolute atomic E-state index is 15.0. The van der Waals surface area contributed by atoms with Crippen LogP contribution in [0.25, 0.3) is 0 Å². The molecule has 4 rings (SSSR count). The molecular weight excluding hydrogens is 398 g/mol. The molecule has 1 aromatic carbocycles. The van der Waals surface area contributed by atoms with E-state index < -0.39 is 17.9 Å². The molecule has 3 nitrogen and oxygen atoms in total. The van der Waals surface area contributed by atoms with E-state index in [1.807, 2.05) is 0 Å². The largest absolute Gasteiger partial charge is 0.378 e. The van der Waals surface area contributed by atoms with Crippen molar-refractivity contribution in [2.75, 3.05) is 19.8 Å². The van der Waals surface area contributed by atoms with Gasteiger partial charge < -0.3 is 14.2 Å². The Balaban J connectivity index is 1.33. The highest BCUT2D eigenvalue weighted by atomic mass is 19.2. The van der Waals surface area contributed by atoms with Gasteiger partial charge in [0.2, 0.25) is 0 Å². The number of hydrogen-bond acceptors (Lipinski definition) is 3. The molecule has 2 heterocycles. The summed E-state index contributed by atoms with van der Waals surface area (Å²) in [5.74, 6) is 0.150. The number of ether oxygens (including phenoxy) is 3. The minimum absolute atomic E-state index is 0.0777. The SMILES string of the molecule is CCCC1CCC(C2CCC(c3ccc(C4OCC(CC)CO4)c(F)c3F)CC2)OC1. The Morgan fingerprint density at radius 2 is 1.42 bits per heavy atom. The fourth-order valence-corrected chi connectivity index (χ4v) is 5.67. The molecule has 174 valence electrons. The summed E-state index contributed by atoms with van der Waals surface area (Å²) in [6, 6.07) is 3.42. The van der Waals surface area contributed by atoms with E-state index in [0.717, 1.165) is 51.0 Å². The predicted octanol–water partition coefficient (Wildman–Crippen LogP) is 6.91. The molecule has 2 atom stereocenters. The van der Waals surface area contributed by atoms with Crippen LogP contribution in [-0.4, -0.2) is 25.9 Å². The smallest absolute Gasteiger partial charge is 0.186 e. The predicted molar refractivity (Wildman–Crippen MR) is 117 cm³/mol. The lowest BCUT2D eigenvalue weighted by molar-refractivity contribution is -0.206. The molecule has 5 heteroatoms. The standard InChI is InChI=1S/C26H38F2O3/c1-3-5-18-6-13-23(29-16-18)20-9-7-19(8-10-20)21-11-12-22(25(28)24(21)27)26-30-14-17(4-2)15-31-26/h11-12,17-20,23,26H,3-10,13-16H2,1-2H3. The summed E-state index contributed by atoms with van der Waals surface area (Å²) in [5.41, 5.74) is 0.691. The Labute approximate surface area is 185 Å². The van der Waals surface area contributed by atoms with E-state index in [2.05, 4.69) is 13.8 Å². The molecule has 0 radical (unpaired) electrons. The molecule has 31 heavy (non-hydrogen) atoms. The van der Waals surface area contributed by atoms with Crippen LogP contribution in [0, 0.1) is 29.4 Å². The third kappa shape index (κ3) is 5.31. The number of rotatable bonds is 6. The quantitative estimate of drug-likeness (QED) is 0.485. The second-order valence-corrected chi connectivity index (χ2v) is 9.86. The van der Waals surface area contributed by atoms with Gasteiger partial charge in [0.05, 0.1) is 19.3 Å². The normalized spacial score (nSPS) is 34.6. The number of hydrogen-bond donors (Lipinski definition) is 0. The molecule has 0 aromatic heterocycles. The van der Waals surface area contributed by atoms with E-state index in [4.69, 9.17) is 14.2 Å². The first-order valence-corrected chi connectivity index (χ1v) is 12.4. The fourth-order valence-electron chi connectivity index (χ4n) is 5.67. The van der Waals surface area contributed by atoms with Gasteiger partial charge in [-0.1, -0.05) is 32.4 Å². The van der Waals surface area contributed by atoms with Gasteiger partial charge in [0, 0.05) is 18.1 Å². The molecule has 3 aliphatic rings. The molecule has 2 aliphatic heterocycles. The van der Waals surface area contributed by atoms with Crippen LogP contribution in [0.15, 0.2) is 12.1 Å².